The van der Waals surface area contributed by atoms with E-state index in [0.717, 1.165) is 5.69 Å². The quantitative estimate of drug-likeness (QED) is 0.719. The van der Waals surface area contributed by atoms with Gasteiger partial charge in [0.15, 0.2) is 0 Å². The number of allylic oxidation sites excluding steroid dienone is 1. The van der Waals surface area contributed by atoms with Crippen molar-refractivity contribution in [2.75, 3.05) is 7.05 Å². The summed E-state index contributed by atoms with van der Waals surface area (Å²) in [6.45, 7) is 0. The van der Waals surface area contributed by atoms with Crippen LogP contribution in [-0.4, -0.2) is 19.0 Å². The van der Waals surface area contributed by atoms with Crippen molar-refractivity contribution in [3.8, 4) is 0 Å². The molecular formula is C11H8N3Y2-2. The number of aliphatic imine (C=N–C) groups is 2. The molecule has 3 nitrogen and oxygen atoms in total. The summed E-state index contributed by atoms with van der Waals surface area (Å²) >= 11 is 0. The van der Waals surface area contributed by atoms with Gasteiger partial charge in [0.05, 0.1) is 0 Å². The van der Waals surface area contributed by atoms with Crippen molar-refractivity contribution < 1.29 is 65.4 Å². The number of hydrogen-bond acceptors (Lipinski definition) is 2. The topological polar surface area (TPSA) is 38.8 Å². The smallest absolute Gasteiger partial charge is 0.0352 e. The van der Waals surface area contributed by atoms with Crippen molar-refractivity contribution in [3.63, 3.8) is 0 Å². The molecule has 1 aliphatic rings. The predicted molar refractivity (Wildman–Crippen MR) is 55.8 cm³/mol. The zero-order chi connectivity index (χ0) is 9.80. The molecule has 0 fully saturated rings. The maximum absolute atomic E-state index is 4.33. The molecule has 75 valence electrons. The van der Waals surface area contributed by atoms with Crippen LogP contribution in [0.4, 0.5) is 5.69 Å². The second-order valence-electron chi connectivity index (χ2n) is 2.70. The van der Waals surface area contributed by atoms with E-state index in [1.54, 1.807) is 7.05 Å². The van der Waals surface area contributed by atoms with Crippen LogP contribution < -0.4 is 5.32 Å². The van der Waals surface area contributed by atoms with Gasteiger partial charge >= 0.3 is 0 Å². The molecule has 3 radical (unpaired) electrons. The summed E-state index contributed by atoms with van der Waals surface area (Å²) in [5, 5.41) is 3.98. The summed E-state index contributed by atoms with van der Waals surface area (Å²) in [5.41, 5.74) is 2.16. The Balaban J connectivity index is 0.00000112. The fourth-order valence-electron chi connectivity index (χ4n) is 1.11. The molecule has 0 atom stereocenters. The summed E-state index contributed by atoms with van der Waals surface area (Å²) in [6, 6.07) is 9.65. The summed E-state index contributed by atoms with van der Waals surface area (Å²) in [6.07, 6.45) is 5.45. The monoisotopic (exact) mass is 360 g/mol. The molecule has 2 rings (SSSR count). The summed E-state index contributed by atoms with van der Waals surface area (Å²) in [7, 11) is 1.69. The largest absolute Gasteiger partial charge is 0.562 e. The Kier molecular flexibility index (Phi) is 8.57. The van der Waals surface area contributed by atoms with Gasteiger partial charge in [-0.3, -0.25) is 0 Å². The van der Waals surface area contributed by atoms with Crippen LogP contribution in [0.3, 0.4) is 0 Å². The molecule has 1 aromatic rings. The van der Waals surface area contributed by atoms with Crippen LogP contribution in [0, 0.1) is 6.20 Å². The van der Waals surface area contributed by atoms with E-state index in [4.69, 9.17) is 0 Å². The molecule has 1 heterocycles. The first-order valence-corrected chi connectivity index (χ1v) is 4.23. The third kappa shape index (κ3) is 4.29. The van der Waals surface area contributed by atoms with Crippen molar-refractivity contribution in [2.24, 2.45) is 9.98 Å². The Morgan fingerprint density at radius 2 is 1.81 bits per heavy atom. The van der Waals surface area contributed by atoms with Crippen LogP contribution in [0.25, 0.3) is 0 Å². The minimum atomic E-state index is 0. The van der Waals surface area contributed by atoms with E-state index in [1.807, 2.05) is 30.3 Å². The van der Waals surface area contributed by atoms with Gasteiger partial charge in [0.2, 0.25) is 0 Å². The second-order valence-corrected chi connectivity index (χ2v) is 2.70. The third-order valence-corrected chi connectivity index (χ3v) is 1.77. The third-order valence-electron chi connectivity index (χ3n) is 1.77. The Morgan fingerprint density at radius 1 is 1.12 bits per heavy atom. The zero-order valence-corrected chi connectivity index (χ0v) is 14.6. The van der Waals surface area contributed by atoms with E-state index in [-0.39, 0.29) is 65.4 Å². The molecule has 0 unspecified atom stereocenters. The van der Waals surface area contributed by atoms with Crippen molar-refractivity contribution in [3.05, 3.63) is 42.2 Å². The number of nitrogens with zero attached hydrogens (tertiary/aromatic N) is 3. The molecular weight excluding hydrogens is 352 g/mol. The van der Waals surface area contributed by atoms with E-state index >= 15 is 0 Å². The summed E-state index contributed by atoms with van der Waals surface area (Å²) in [5.74, 6) is 0. The van der Waals surface area contributed by atoms with Crippen LogP contribution >= 0.6 is 0 Å². The van der Waals surface area contributed by atoms with E-state index in [1.165, 1.54) is 0 Å². The molecule has 0 bridgehead atoms. The predicted octanol–water partition coefficient (Wildman–Crippen LogP) is 1.59. The standard InChI is InChI=1S/C11H8N3.2Y/c1-12-10-7-13-8-11(10)14-9-5-3-2-4-6-9;;/h2-6H,1H3;;/q-2;;. The van der Waals surface area contributed by atoms with Gasteiger partial charge in [0.25, 0.3) is 0 Å². The van der Waals surface area contributed by atoms with Crippen molar-refractivity contribution in [2.45, 2.75) is 0 Å². The van der Waals surface area contributed by atoms with Crippen molar-refractivity contribution in [1.29, 1.82) is 0 Å². The SMILES string of the molecule is C[N]C1=[C-]N=[C-]C1=Nc1ccccc1.[Y].[Y]. The first-order valence-electron chi connectivity index (χ1n) is 4.23. The van der Waals surface area contributed by atoms with Crippen LogP contribution in [0.1, 0.15) is 0 Å². The van der Waals surface area contributed by atoms with Gasteiger partial charge in [-0.15, -0.1) is 0 Å². The molecule has 0 N–H and O–H groups in total. The summed E-state index contributed by atoms with van der Waals surface area (Å²) in [4.78, 5) is 8.08. The fraction of sp³-hybridized carbons (Fsp3) is 0.0909. The number of benzene rings is 1. The van der Waals surface area contributed by atoms with E-state index in [0.29, 0.717) is 11.4 Å². The van der Waals surface area contributed by atoms with E-state index in [2.05, 4.69) is 27.7 Å². The normalized spacial score (nSPS) is 15.1. The number of rotatable bonds is 2. The summed E-state index contributed by atoms with van der Waals surface area (Å²) < 4.78 is 0. The maximum atomic E-state index is 4.33. The fourth-order valence-corrected chi connectivity index (χ4v) is 1.11. The van der Waals surface area contributed by atoms with Gasteiger partial charge < -0.3 is 21.5 Å². The molecule has 0 spiro atoms. The van der Waals surface area contributed by atoms with Gasteiger partial charge in [-0.1, -0.05) is 18.2 Å². The molecule has 1 aliphatic heterocycles. The zero-order valence-electron chi connectivity index (χ0n) is 8.88. The Morgan fingerprint density at radius 3 is 2.44 bits per heavy atom. The van der Waals surface area contributed by atoms with Crippen molar-refractivity contribution >= 4 is 17.6 Å². The molecule has 16 heavy (non-hydrogen) atoms. The average Bonchev–Trinajstić information content (AvgIpc) is 2.67. The average molecular weight is 360 g/mol. The molecule has 0 aromatic heterocycles. The van der Waals surface area contributed by atoms with Crippen LogP contribution in [0.15, 0.2) is 46.0 Å². The van der Waals surface area contributed by atoms with Gasteiger partial charge in [-0.05, 0) is 12.1 Å². The molecule has 5 heteroatoms. The van der Waals surface area contributed by atoms with E-state index in [9.17, 15) is 0 Å². The van der Waals surface area contributed by atoms with Gasteiger partial charge in [-0.2, -0.15) is 5.70 Å². The molecule has 0 saturated carbocycles. The van der Waals surface area contributed by atoms with Crippen LogP contribution in [-0.2, 0) is 65.4 Å². The first kappa shape index (κ1) is 16.3. The molecule has 0 amide bonds. The molecule has 1 aromatic carbocycles. The number of para-hydroxylation sites is 1. The van der Waals surface area contributed by atoms with Crippen LogP contribution in [0.2, 0.25) is 0 Å². The minimum absolute atomic E-state index is 0. The Bertz CT molecular complexity index is 410. The molecule has 0 saturated heterocycles. The Labute approximate surface area is 146 Å². The minimum Gasteiger partial charge on any atom is -0.562 e. The Hall–Kier alpha value is 0.308. The van der Waals surface area contributed by atoms with Gasteiger partial charge in [-0.25, -0.2) is 11.9 Å². The van der Waals surface area contributed by atoms with Gasteiger partial charge in [0, 0.05) is 78.2 Å². The maximum Gasteiger partial charge on any atom is 0.0352 e. The van der Waals surface area contributed by atoms with E-state index < -0.39 is 0 Å². The molecule has 0 aliphatic carbocycles. The van der Waals surface area contributed by atoms with Crippen molar-refractivity contribution in [1.82, 2.24) is 5.32 Å². The first-order chi connectivity index (χ1) is 6.90. The van der Waals surface area contributed by atoms with Crippen LogP contribution in [0.5, 0.6) is 0 Å². The second kappa shape index (κ2) is 8.41. The number of hydrogen-bond donors (Lipinski definition) is 0. The van der Waals surface area contributed by atoms with Gasteiger partial charge in [0.1, 0.15) is 0 Å².